The van der Waals surface area contributed by atoms with Crippen LogP contribution >= 0.6 is 0 Å². The van der Waals surface area contributed by atoms with Gasteiger partial charge >= 0.3 is 0 Å². The monoisotopic (exact) mass is 318 g/mol. The first-order chi connectivity index (χ1) is 11.0. The first kappa shape index (κ1) is 16.7. The van der Waals surface area contributed by atoms with Gasteiger partial charge in [0, 0.05) is 12.1 Å². The van der Waals surface area contributed by atoms with Crippen LogP contribution in [-0.2, 0) is 4.79 Å². The van der Waals surface area contributed by atoms with Crippen LogP contribution in [-0.4, -0.2) is 41.5 Å². The number of nitriles is 1. The normalized spacial score (nSPS) is 36.4. The third-order valence-electron chi connectivity index (χ3n) is 6.38. The van der Waals surface area contributed by atoms with Crippen LogP contribution in [0.4, 0.5) is 0 Å². The fraction of sp³-hybridized carbons (Fsp3) is 0.889. The average Bonchev–Trinajstić information content (AvgIpc) is 2.78. The summed E-state index contributed by atoms with van der Waals surface area (Å²) in [5.74, 6) is 0.456. The molecule has 1 aliphatic carbocycles. The highest BCUT2D eigenvalue weighted by Gasteiger charge is 2.48. The third kappa shape index (κ3) is 3.54. The predicted molar refractivity (Wildman–Crippen MR) is 89.5 cm³/mol. The quantitative estimate of drug-likeness (QED) is 0.829. The summed E-state index contributed by atoms with van der Waals surface area (Å²) in [7, 11) is 2.14. The van der Waals surface area contributed by atoms with E-state index in [-0.39, 0.29) is 5.91 Å². The van der Waals surface area contributed by atoms with Crippen LogP contribution in [0.1, 0.15) is 64.2 Å². The van der Waals surface area contributed by atoms with Crippen molar-refractivity contribution in [3.8, 4) is 6.07 Å². The maximum absolute atomic E-state index is 12.6. The number of nitrogens with one attached hydrogen (secondary N) is 1. The van der Waals surface area contributed by atoms with Gasteiger partial charge < -0.3 is 16.0 Å². The summed E-state index contributed by atoms with van der Waals surface area (Å²) in [6.45, 7) is 0. The molecular weight excluding hydrogens is 288 g/mol. The van der Waals surface area contributed by atoms with E-state index >= 15 is 0 Å². The highest BCUT2D eigenvalue weighted by Crippen LogP contribution is 2.39. The molecule has 3 rings (SSSR count). The SMILES string of the molecule is CN1C2CCC1CC(C#N)(NC(=O)C(N)CC1CCCCC1)C2. The summed E-state index contributed by atoms with van der Waals surface area (Å²) >= 11 is 0. The van der Waals surface area contributed by atoms with Gasteiger partial charge in [-0.1, -0.05) is 32.1 Å². The number of nitrogens with zero attached hydrogens (tertiary/aromatic N) is 2. The number of fused-ring (bicyclic) bond motifs is 2. The molecule has 0 aromatic carbocycles. The van der Waals surface area contributed by atoms with Gasteiger partial charge in [-0.2, -0.15) is 5.26 Å². The number of piperidine rings is 1. The summed E-state index contributed by atoms with van der Waals surface area (Å²) in [6.07, 6.45) is 10.7. The van der Waals surface area contributed by atoms with Gasteiger partial charge in [-0.05, 0) is 45.1 Å². The Hall–Kier alpha value is -1.12. The number of hydrogen-bond acceptors (Lipinski definition) is 4. The molecule has 2 aliphatic heterocycles. The van der Waals surface area contributed by atoms with Crippen LogP contribution in [0, 0.1) is 17.2 Å². The van der Waals surface area contributed by atoms with Gasteiger partial charge in [0.2, 0.25) is 5.91 Å². The van der Waals surface area contributed by atoms with Gasteiger partial charge in [0.1, 0.15) is 5.54 Å². The molecule has 3 aliphatic rings. The second-order valence-corrected chi connectivity index (χ2v) is 7.99. The molecule has 3 atom stereocenters. The molecule has 0 spiro atoms. The van der Waals surface area contributed by atoms with E-state index in [1.807, 2.05) is 0 Å². The van der Waals surface area contributed by atoms with Gasteiger partial charge in [-0.15, -0.1) is 0 Å². The number of rotatable bonds is 4. The molecule has 3 N–H and O–H groups in total. The Labute approximate surface area is 139 Å². The van der Waals surface area contributed by atoms with Crippen LogP contribution < -0.4 is 11.1 Å². The number of amides is 1. The van der Waals surface area contributed by atoms with Crippen molar-refractivity contribution in [2.24, 2.45) is 11.7 Å². The summed E-state index contributed by atoms with van der Waals surface area (Å²) in [4.78, 5) is 14.9. The Morgan fingerprint density at radius 1 is 1.26 bits per heavy atom. The number of nitrogens with two attached hydrogens (primary N) is 1. The van der Waals surface area contributed by atoms with Crippen molar-refractivity contribution in [2.75, 3.05) is 7.05 Å². The molecule has 5 heteroatoms. The molecule has 2 bridgehead atoms. The fourth-order valence-electron chi connectivity index (χ4n) is 4.91. The van der Waals surface area contributed by atoms with Crippen LogP contribution in [0.3, 0.4) is 0 Å². The highest BCUT2D eigenvalue weighted by atomic mass is 16.2. The molecule has 2 heterocycles. The minimum absolute atomic E-state index is 0.124. The van der Waals surface area contributed by atoms with Crippen molar-refractivity contribution in [2.45, 2.75) is 87.9 Å². The van der Waals surface area contributed by atoms with Crippen molar-refractivity contribution in [1.29, 1.82) is 5.26 Å². The Morgan fingerprint density at radius 3 is 2.43 bits per heavy atom. The van der Waals surface area contributed by atoms with Gasteiger partial charge in [-0.3, -0.25) is 4.79 Å². The Morgan fingerprint density at radius 2 is 1.87 bits per heavy atom. The highest BCUT2D eigenvalue weighted by molar-refractivity contribution is 5.82. The summed E-state index contributed by atoms with van der Waals surface area (Å²) in [5, 5.41) is 12.8. The Bertz CT molecular complexity index is 466. The van der Waals surface area contributed by atoms with Crippen LogP contribution in [0.25, 0.3) is 0 Å². The zero-order chi connectivity index (χ0) is 16.4. The minimum atomic E-state index is -0.709. The second-order valence-electron chi connectivity index (χ2n) is 7.99. The molecule has 128 valence electrons. The van der Waals surface area contributed by atoms with Gasteiger partial charge in [0.15, 0.2) is 0 Å². The van der Waals surface area contributed by atoms with E-state index in [1.165, 1.54) is 32.1 Å². The van der Waals surface area contributed by atoms with Gasteiger partial charge in [0.05, 0.1) is 12.1 Å². The number of hydrogen-bond donors (Lipinski definition) is 2. The molecule has 1 saturated carbocycles. The lowest BCUT2D eigenvalue weighted by atomic mass is 9.82. The molecule has 3 fully saturated rings. The van der Waals surface area contributed by atoms with E-state index in [2.05, 4.69) is 23.3 Å². The van der Waals surface area contributed by atoms with Crippen molar-refractivity contribution in [3.05, 3.63) is 0 Å². The fourth-order valence-corrected chi connectivity index (χ4v) is 4.91. The lowest BCUT2D eigenvalue weighted by Gasteiger charge is -2.42. The molecule has 0 aromatic rings. The summed E-state index contributed by atoms with van der Waals surface area (Å²) in [5.41, 5.74) is 5.45. The van der Waals surface area contributed by atoms with E-state index in [0.717, 1.165) is 32.1 Å². The molecule has 23 heavy (non-hydrogen) atoms. The first-order valence-corrected chi connectivity index (χ1v) is 9.24. The summed E-state index contributed by atoms with van der Waals surface area (Å²) < 4.78 is 0. The van der Waals surface area contributed by atoms with Crippen LogP contribution in [0.5, 0.6) is 0 Å². The van der Waals surface area contributed by atoms with Crippen molar-refractivity contribution >= 4 is 5.91 Å². The largest absolute Gasteiger partial charge is 0.336 e. The molecule has 0 aromatic heterocycles. The molecule has 2 saturated heterocycles. The standard InChI is InChI=1S/C18H30N4O/c1-22-14-7-8-15(22)11-18(10-14,12-19)21-17(23)16(20)9-13-5-3-2-4-6-13/h13-16H,2-11,20H2,1H3,(H,21,23). The first-order valence-electron chi connectivity index (χ1n) is 9.24. The molecule has 0 radical (unpaired) electrons. The number of carbonyl (C=O) groups excluding carboxylic acids is 1. The zero-order valence-electron chi connectivity index (χ0n) is 14.3. The maximum Gasteiger partial charge on any atom is 0.238 e. The molecule has 1 amide bonds. The number of carbonyl (C=O) groups is 1. The van der Waals surface area contributed by atoms with Crippen LogP contribution in [0.15, 0.2) is 0 Å². The lowest BCUT2D eigenvalue weighted by Crippen LogP contribution is -2.60. The maximum atomic E-state index is 12.6. The predicted octanol–water partition coefficient (Wildman–Crippen LogP) is 1.92. The van der Waals surface area contributed by atoms with Crippen LogP contribution in [0.2, 0.25) is 0 Å². The van der Waals surface area contributed by atoms with E-state index in [9.17, 15) is 10.1 Å². The molecule has 5 nitrogen and oxygen atoms in total. The third-order valence-corrected chi connectivity index (χ3v) is 6.38. The Kier molecular flexibility index (Phi) is 4.93. The second kappa shape index (κ2) is 6.78. The molecular formula is C18H30N4O. The van der Waals surface area contributed by atoms with Crippen molar-refractivity contribution < 1.29 is 4.79 Å². The topological polar surface area (TPSA) is 82.2 Å². The van der Waals surface area contributed by atoms with E-state index in [4.69, 9.17) is 5.73 Å². The average molecular weight is 318 g/mol. The molecule has 3 unspecified atom stereocenters. The smallest absolute Gasteiger partial charge is 0.238 e. The lowest BCUT2D eigenvalue weighted by molar-refractivity contribution is -0.124. The van der Waals surface area contributed by atoms with Crippen molar-refractivity contribution in [1.82, 2.24) is 10.2 Å². The van der Waals surface area contributed by atoms with E-state index in [0.29, 0.717) is 18.0 Å². The summed E-state index contributed by atoms with van der Waals surface area (Å²) in [6, 6.07) is 2.78. The van der Waals surface area contributed by atoms with E-state index in [1.54, 1.807) is 0 Å². The minimum Gasteiger partial charge on any atom is -0.336 e. The van der Waals surface area contributed by atoms with E-state index < -0.39 is 11.6 Å². The van der Waals surface area contributed by atoms with Gasteiger partial charge in [0.25, 0.3) is 0 Å². The Balaban J connectivity index is 1.58. The van der Waals surface area contributed by atoms with Gasteiger partial charge in [-0.25, -0.2) is 0 Å². The van der Waals surface area contributed by atoms with Crippen molar-refractivity contribution in [3.63, 3.8) is 0 Å². The zero-order valence-corrected chi connectivity index (χ0v) is 14.3.